The number of hydrogen-bond donors (Lipinski definition) is 2. The first-order chi connectivity index (χ1) is 20.0. The fourth-order valence-corrected chi connectivity index (χ4v) is 5.26. The average Bonchev–Trinajstić information content (AvgIpc) is 2.94. The van der Waals surface area contributed by atoms with E-state index in [2.05, 4.69) is 27.0 Å². The van der Waals surface area contributed by atoms with Gasteiger partial charge in [0.25, 0.3) is 5.91 Å². The molecule has 0 bridgehead atoms. The lowest BCUT2D eigenvalue weighted by Gasteiger charge is -2.35. The highest BCUT2D eigenvalue weighted by atomic mass is 19.4. The molecule has 5 rings (SSSR count). The molecule has 7 nitrogen and oxygen atoms in total. The van der Waals surface area contributed by atoms with Crippen LogP contribution in [0.4, 0.5) is 33.3 Å². The number of halogens is 5. The first-order valence-corrected chi connectivity index (χ1v) is 13.6. The maximum atomic E-state index is 15.9. The van der Waals surface area contributed by atoms with Gasteiger partial charge >= 0.3 is 6.18 Å². The van der Waals surface area contributed by atoms with Gasteiger partial charge in [0.2, 0.25) is 0 Å². The van der Waals surface area contributed by atoms with Gasteiger partial charge < -0.3 is 25.2 Å². The van der Waals surface area contributed by atoms with E-state index >= 15 is 8.78 Å². The minimum Gasteiger partial charge on any atom is -0.379 e. The highest BCUT2D eigenvalue weighted by Crippen LogP contribution is 2.38. The van der Waals surface area contributed by atoms with E-state index in [9.17, 15) is 18.0 Å². The van der Waals surface area contributed by atoms with Gasteiger partial charge in [-0.2, -0.15) is 13.2 Å². The van der Waals surface area contributed by atoms with E-state index in [1.54, 1.807) is 17.0 Å². The topological polar surface area (TPSA) is 60.1 Å². The smallest absolute Gasteiger partial charge is 0.379 e. The molecule has 1 amide bonds. The summed E-state index contributed by atoms with van der Waals surface area (Å²) in [5.41, 5.74) is -0.824. The number of morpholine rings is 1. The number of benzene rings is 2. The van der Waals surface area contributed by atoms with E-state index in [-0.39, 0.29) is 28.2 Å². The van der Waals surface area contributed by atoms with E-state index in [1.807, 2.05) is 7.05 Å². The van der Waals surface area contributed by atoms with Crippen LogP contribution in [-0.4, -0.2) is 81.4 Å². The summed E-state index contributed by atoms with van der Waals surface area (Å²) < 4.78 is 77.8. The van der Waals surface area contributed by atoms with Gasteiger partial charge in [-0.05, 0) is 48.5 Å². The van der Waals surface area contributed by atoms with E-state index < -0.39 is 34.9 Å². The number of allylic oxidation sites excluding steroid dienone is 1. The van der Waals surface area contributed by atoms with Crippen molar-refractivity contribution in [1.82, 2.24) is 15.1 Å². The molecule has 224 valence electrons. The van der Waals surface area contributed by atoms with Gasteiger partial charge in [-0.15, -0.1) is 0 Å². The first kappa shape index (κ1) is 29.7. The summed E-state index contributed by atoms with van der Waals surface area (Å²) in [6.45, 7) is 8.76. The van der Waals surface area contributed by atoms with E-state index in [0.717, 1.165) is 30.9 Å². The molecule has 0 radical (unpaired) electrons. The van der Waals surface area contributed by atoms with Gasteiger partial charge in [-0.3, -0.25) is 9.69 Å². The van der Waals surface area contributed by atoms with Gasteiger partial charge in [0.15, 0.2) is 0 Å². The Morgan fingerprint density at radius 2 is 1.74 bits per heavy atom. The maximum absolute atomic E-state index is 15.9. The zero-order chi connectivity index (χ0) is 30.0. The summed E-state index contributed by atoms with van der Waals surface area (Å²) in [5, 5.41) is 5.03. The van der Waals surface area contributed by atoms with Crippen LogP contribution in [0.1, 0.15) is 5.56 Å². The molecule has 0 saturated carbocycles. The molecule has 0 spiro atoms. The highest BCUT2D eigenvalue weighted by Gasteiger charge is 2.40. The Labute approximate surface area is 240 Å². The second-order valence-electron chi connectivity index (χ2n) is 10.6. The van der Waals surface area contributed by atoms with Crippen LogP contribution in [0.15, 0.2) is 66.0 Å². The predicted molar refractivity (Wildman–Crippen MR) is 151 cm³/mol. The lowest BCUT2D eigenvalue weighted by molar-refractivity contribution is -0.115. The number of alkyl halides is 3. The number of nitrogens with one attached hydrogen (secondary N) is 2. The summed E-state index contributed by atoms with van der Waals surface area (Å²) >= 11 is 0. The fourth-order valence-electron chi connectivity index (χ4n) is 5.26. The second kappa shape index (κ2) is 12.2. The summed E-state index contributed by atoms with van der Waals surface area (Å²) in [6.07, 6.45) is -3.17. The highest BCUT2D eigenvalue weighted by molar-refractivity contribution is 6.09. The number of rotatable bonds is 6. The third-order valence-electron chi connectivity index (χ3n) is 7.54. The zero-order valence-electron chi connectivity index (χ0n) is 23.2. The lowest BCUT2D eigenvalue weighted by atomic mass is 9.99. The molecule has 2 aromatic carbocycles. The Hall–Kier alpha value is -3.74. The molecule has 2 aromatic rings. The number of dihydropyridines is 1. The summed E-state index contributed by atoms with van der Waals surface area (Å²) in [5.74, 6) is -2.40. The van der Waals surface area contributed by atoms with Crippen LogP contribution >= 0.6 is 0 Å². The third kappa shape index (κ3) is 6.66. The van der Waals surface area contributed by atoms with Crippen LogP contribution in [0, 0.1) is 11.6 Å². The monoisotopic (exact) mass is 589 g/mol. The molecule has 2 fully saturated rings. The number of hydrogen-bond acceptors (Lipinski definition) is 6. The van der Waals surface area contributed by atoms with Crippen molar-refractivity contribution >= 4 is 17.3 Å². The largest absolute Gasteiger partial charge is 0.417 e. The molecular formula is C30H32F5N5O2. The normalized spacial score (nSPS) is 18.8. The number of likely N-dealkylation sites (N-methyl/N-ethyl adjacent to an activating group) is 1. The van der Waals surface area contributed by atoms with Crippen molar-refractivity contribution in [1.29, 1.82) is 0 Å². The van der Waals surface area contributed by atoms with Crippen LogP contribution in [0.3, 0.4) is 0 Å². The molecule has 0 aliphatic carbocycles. The number of amides is 1. The Morgan fingerprint density at radius 3 is 2.43 bits per heavy atom. The van der Waals surface area contributed by atoms with Gasteiger partial charge in [0, 0.05) is 63.3 Å². The fraction of sp³-hybridized carbons (Fsp3) is 0.367. The Bertz CT molecular complexity index is 1420. The number of carbonyl (C=O) groups excluding carboxylic acids is 1. The molecule has 0 unspecified atom stereocenters. The van der Waals surface area contributed by atoms with Crippen LogP contribution in [0.2, 0.25) is 0 Å². The number of ether oxygens (including phenoxy) is 1. The molecule has 3 aliphatic heterocycles. The van der Waals surface area contributed by atoms with Gasteiger partial charge in [0.05, 0.1) is 35.7 Å². The Kier molecular flexibility index (Phi) is 8.67. The van der Waals surface area contributed by atoms with Gasteiger partial charge in [-0.1, -0.05) is 12.6 Å². The van der Waals surface area contributed by atoms with E-state index in [1.165, 1.54) is 18.2 Å². The minimum atomic E-state index is -4.83. The average molecular weight is 590 g/mol. The quantitative estimate of drug-likeness (QED) is 0.479. The molecule has 12 heteroatoms. The summed E-state index contributed by atoms with van der Waals surface area (Å²) in [7, 11) is 1.92. The Balaban J connectivity index is 1.52. The van der Waals surface area contributed by atoms with Crippen molar-refractivity contribution in [3.63, 3.8) is 0 Å². The number of anilines is 2. The van der Waals surface area contributed by atoms with Crippen molar-refractivity contribution in [2.75, 3.05) is 69.7 Å². The van der Waals surface area contributed by atoms with E-state index in [4.69, 9.17) is 4.74 Å². The predicted octanol–water partition coefficient (Wildman–Crippen LogP) is 4.64. The molecule has 3 heterocycles. The maximum Gasteiger partial charge on any atom is 0.417 e. The summed E-state index contributed by atoms with van der Waals surface area (Å²) in [6, 6.07) is 7.21. The summed E-state index contributed by atoms with van der Waals surface area (Å²) in [4.78, 5) is 19.2. The third-order valence-corrected chi connectivity index (χ3v) is 7.54. The number of nitrogens with zero attached hydrogens (tertiary/aromatic N) is 3. The molecular weight excluding hydrogens is 557 g/mol. The zero-order valence-corrected chi connectivity index (χ0v) is 23.2. The van der Waals surface area contributed by atoms with Gasteiger partial charge in [-0.25, -0.2) is 8.78 Å². The van der Waals surface area contributed by atoms with Crippen molar-refractivity contribution in [2.24, 2.45) is 0 Å². The number of piperazine rings is 1. The molecule has 0 atom stereocenters. The van der Waals surface area contributed by atoms with Crippen molar-refractivity contribution in [3.8, 4) is 11.1 Å². The lowest BCUT2D eigenvalue weighted by Crippen LogP contribution is -2.45. The molecule has 0 aromatic heterocycles. The van der Waals surface area contributed by atoms with Gasteiger partial charge in [0.1, 0.15) is 11.6 Å². The van der Waals surface area contributed by atoms with Crippen molar-refractivity contribution < 1.29 is 31.5 Å². The second-order valence-corrected chi connectivity index (χ2v) is 10.6. The molecule has 3 aliphatic rings. The van der Waals surface area contributed by atoms with Crippen LogP contribution in [0.25, 0.3) is 11.1 Å². The van der Waals surface area contributed by atoms with Crippen LogP contribution < -0.4 is 15.5 Å². The van der Waals surface area contributed by atoms with Crippen molar-refractivity contribution in [3.05, 3.63) is 83.2 Å². The minimum absolute atomic E-state index is 0.0301. The Morgan fingerprint density at radius 1 is 1.02 bits per heavy atom. The molecule has 42 heavy (non-hydrogen) atoms. The molecule has 2 N–H and O–H groups in total. The standard InChI is InChI=1S/C30H32F5N5O2/c1-19-13-24(30(33,34)35)23(17-36-19)29(41)37-27-16-21(15-26(32)28(27)40-7-5-38(2)6-8-40)22-14-20(3-4-25(22)31)18-39-9-11-42-12-10-39/h3-4,13-17,36H,1,5-12,18H2,2H3,(H,37,41). The van der Waals surface area contributed by atoms with Crippen LogP contribution in [-0.2, 0) is 16.1 Å². The van der Waals surface area contributed by atoms with Crippen LogP contribution in [0.5, 0.6) is 0 Å². The first-order valence-electron chi connectivity index (χ1n) is 13.6. The van der Waals surface area contributed by atoms with E-state index in [0.29, 0.717) is 45.9 Å². The molecule has 2 saturated heterocycles. The number of carbonyl (C=O) groups is 1. The SMILES string of the molecule is C=C1C=C(C(F)(F)F)C(C(=O)Nc2cc(-c3cc(CN4CCOCC4)ccc3F)cc(F)c2N2CCN(C)CC2)=CN1. The van der Waals surface area contributed by atoms with Crippen molar-refractivity contribution in [2.45, 2.75) is 12.7 Å².